The number of hydrazine groups is 1. The fourth-order valence-electron chi connectivity index (χ4n) is 1.49. The van der Waals surface area contributed by atoms with Crippen LogP contribution in [0.25, 0.3) is 0 Å². The Bertz CT molecular complexity index is 717. The summed E-state index contributed by atoms with van der Waals surface area (Å²) in [5.74, 6) is -0.527. The van der Waals surface area contributed by atoms with Crippen LogP contribution >= 0.6 is 15.9 Å². The van der Waals surface area contributed by atoms with Gasteiger partial charge in [0.25, 0.3) is 15.9 Å². The third-order valence-corrected chi connectivity index (χ3v) is 4.72. The van der Waals surface area contributed by atoms with Crippen LogP contribution in [-0.4, -0.2) is 14.3 Å². The molecule has 104 valence electrons. The Morgan fingerprint density at radius 1 is 0.950 bits per heavy atom. The topological polar surface area (TPSA) is 75.3 Å². The predicted octanol–water partition coefficient (Wildman–Crippen LogP) is 2.07. The third-order valence-electron chi connectivity index (χ3n) is 2.46. The molecule has 7 heteroatoms. The molecule has 0 radical (unpaired) electrons. The molecular formula is C13H11BrN2O3S. The molecule has 5 nitrogen and oxygen atoms in total. The standard InChI is InChI=1S/C13H11BrN2O3S/c14-11-8-4-5-9-12(11)20(18,19)16-15-13(17)10-6-2-1-3-7-10/h1-9,16H,(H,15,17). The lowest BCUT2D eigenvalue weighted by molar-refractivity contribution is 0.0945. The van der Waals surface area contributed by atoms with Gasteiger partial charge in [-0.1, -0.05) is 30.3 Å². The van der Waals surface area contributed by atoms with Crippen molar-refractivity contribution >= 4 is 31.9 Å². The molecular weight excluding hydrogens is 344 g/mol. The van der Waals surface area contributed by atoms with Crippen molar-refractivity contribution in [3.8, 4) is 0 Å². The van der Waals surface area contributed by atoms with Crippen molar-refractivity contribution in [1.82, 2.24) is 10.3 Å². The number of carbonyl (C=O) groups excluding carboxylic acids is 1. The molecule has 0 atom stereocenters. The van der Waals surface area contributed by atoms with Gasteiger partial charge < -0.3 is 0 Å². The van der Waals surface area contributed by atoms with Crippen LogP contribution in [0.15, 0.2) is 64.0 Å². The first-order chi connectivity index (χ1) is 9.50. The fraction of sp³-hybridized carbons (Fsp3) is 0. The van der Waals surface area contributed by atoms with Crippen LogP contribution in [0.2, 0.25) is 0 Å². The molecule has 0 saturated heterocycles. The number of rotatable bonds is 4. The minimum atomic E-state index is -3.82. The lowest BCUT2D eigenvalue weighted by atomic mass is 10.2. The molecule has 0 bridgehead atoms. The molecule has 2 aromatic rings. The van der Waals surface area contributed by atoms with Crippen molar-refractivity contribution in [1.29, 1.82) is 0 Å². The van der Waals surface area contributed by atoms with Crippen molar-refractivity contribution in [3.63, 3.8) is 0 Å². The Labute approximate surface area is 125 Å². The van der Waals surface area contributed by atoms with Crippen molar-refractivity contribution < 1.29 is 13.2 Å². The first-order valence-electron chi connectivity index (χ1n) is 5.62. The largest absolute Gasteiger partial charge is 0.273 e. The molecule has 2 N–H and O–H groups in total. The van der Waals surface area contributed by atoms with E-state index in [0.29, 0.717) is 10.0 Å². The molecule has 0 aromatic heterocycles. The minimum absolute atomic E-state index is 0.0494. The summed E-state index contributed by atoms with van der Waals surface area (Å²) >= 11 is 3.15. The highest BCUT2D eigenvalue weighted by atomic mass is 79.9. The Kier molecular flexibility index (Phi) is 4.53. The molecule has 0 aliphatic rings. The van der Waals surface area contributed by atoms with Crippen LogP contribution in [0.4, 0.5) is 0 Å². The molecule has 1 amide bonds. The lowest BCUT2D eigenvalue weighted by Gasteiger charge is -2.09. The zero-order chi connectivity index (χ0) is 14.6. The zero-order valence-corrected chi connectivity index (χ0v) is 12.6. The maximum absolute atomic E-state index is 12.0. The van der Waals surface area contributed by atoms with Gasteiger partial charge in [-0.2, -0.15) is 0 Å². The first-order valence-corrected chi connectivity index (χ1v) is 7.90. The quantitative estimate of drug-likeness (QED) is 0.825. The predicted molar refractivity (Wildman–Crippen MR) is 78.4 cm³/mol. The van der Waals surface area contributed by atoms with Crippen molar-refractivity contribution in [3.05, 3.63) is 64.6 Å². The van der Waals surface area contributed by atoms with E-state index in [1.54, 1.807) is 48.5 Å². The summed E-state index contributed by atoms with van der Waals surface area (Å²) < 4.78 is 24.5. The van der Waals surface area contributed by atoms with Gasteiger partial charge in [-0.15, -0.1) is 4.83 Å². The molecule has 2 aromatic carbocycles. The lowest BCUT2D eigenvalue weighted by Crippen LogP contribution is -2.41. The molecule has 0 saturated carbocycles. The molecule has 20 heavy (non-hydrogen) atoms. The van der Waals surface area contributed by atoms with Gasteiger partial charge in [0.15, 0.2) is 0 Å². The van der Waals surface area contributed by atoms with E-state index in [2.05, 4.69) is 26.2 Å². The van der Waals surface area contributed by atoms with Gasteiger partial charge in [-0.3, -0.25) is 10.2 Å². The van der Waals surface area contributed by atoms with Gasteiger partial charge in [-0.25, -0.2) is 8.42 Å². The van der Waals surface area contributed by atoms with Crippen LogP contribution in [0, 0.1) is 0 Å². The maximum Gasteiger partial charge on any atom is 0.266 e. The third kappa shape index (κ3) is 3.44. The van der Waals surface area contributed by atoms with Crippen molar-refractivity contribution in [2.24, 2.45) is 0 Å². The van der Waals surface area contributed by atoms with Gasteiger partial charge in [0.05, 0.1) is 4.90 Å². The van der Waals surface area contributed by atoms with Crippen LogP contribution < -0.4 is 10.3 Å². The average molecular weight is 355 g/mol. The normalized spacial score (nSPS) is 11.1. The number of sulfonamides is 1. The summed E-state index contributed by atoms with van der Waals surface area (Å²) in [5.41, 5.74) is 2.53. The van der Waals surface area contributed by atoms with Crippen LogP contribution in [0.3, 0.4) is 0 Å². The van der Waals surface area contributed by atoms with Crippen molar-refractivity contribution in [2.45, 2.75) is 4.90 Å². The van der Waals surface area contributed by atoms with E-state index in [1.807, 2.05) is 0 Å². The highest BCUT2D eigenvalue weighted by Gasteiger charge is 2.18. The highest BCUT2D eigenvalue weighted by Crippen LogP contribution is 2.20. The van der Waals surface area contributed by atoms with Crippen LogP contribution in [0.5, 0.6) is 0 Å². The second kappa shape index (κ2) is 6.17. The van der Waals surface area contributed by atoms with Crippen molar-refractivity contribution in [2.75, 3.05) is 0 Å². The van der Waals surface area contributed by atoms with Crippen LogP contribution in [-0.2, 0) is 10.0 Å². The maximum atomic E-state index is 12.0. The minimum Gasteiger partial charge on any atom is -0.273 e. The molecule has 0 unspecified atom stereocenters. The summed E-state index contributed by atoms with van der Waals surface area (Å²) in [6.07, 6.45) is 0. The van der Waals surface area contributed by atoms with E-state index in [0.717, 1.165) is 0 Å². The smallest absolute Gasteiger partial charge is 0.266 e. The Hall–Kier alpha value is -1.70. The molecule has 0 heterocycles. The summed E-state index contributed by atoms with van der Waals surface area (Å²) in [6.45, 7) is 0. The second-order valence-corrected chi connectivity index (χ2v) is 6.36. The van der Waals surface area contributed by atoms with Gasteiger partial charge >= 0.3 is 0 Å². The van der Waals surface area contributed by atoms with Gasteiger partial charge in [0.2, 0.25) is 0 Å². The number of nitrogens with one attached hydrogen (secondary N) is 2. The molecule has 0 fully saturated rings. The van der Waals surface area contributed by atoms with Crippen LogP contribution in [0.1, 0.15) is 10.4 Å². The fourth-order valence-corrected chi connectivity index (χ4v) is 3.34. The van der Waals surface area contributed by atoms with E-state index in [1.165, 1.54) is 6.07 Å². The Morgan fingerprint density at radius 2 is 1.55 bits per heavy atom. The summed E-state index contributed by atoms with van der Waals surface area (Å²) in [7, 11) is -3.82. The summed E-state index contributed by atoms with van der Waals surface area (Å²) in [5, 5.41) is 0. The average Bonchev–Trinajstić information content (AvgIpc) is 2.46. The Morgan fingerprint density at radius 3 is 2.20 bits per heavy atom. The Balaban J connectivity index is 2.11. The number of benzene rings is 2. The molecule has 0 aliphatic heterocycles. The van der Waals surface area contributed by atoms with Gasteiger partial charge in [-0.05, 0) is 40.2 Å². The number of hydrogen-bond acceptors (Lipinski definition) is 3. The number of amides is 1. The zero-order valence-electron chi connectivity index (χ0n) is 10.2. The van der Waals surface area contributed by atoms with E-state index in [-0.39, 0.29) is 4.90 Å². The number of hydrogen-bond donors (Lipinski definition) is 2. The molecule has 0 aliphatic carbocycles. The number of halogens is 1. The second-order valence-electron chi connectivity index (χ2n) is 3.86. The monoisotopic (exact) mass is 354 g/mol. The highest BCUT2D eigenvalue weighted by molar-refractivity contribution is 9.10. The first kappa shape index (κ1) is 14.7. The molecule has 2 rings (SSSR count). The molecule has 0 spiro atoms. The van der Waals surface area contributed by atoms with Gasteiger partial charge in [0, 0.05) is 10.0 Å². The summed E-state index contributed by atoms with van der Waals surface area (Å²) in [6, 6.07) is 14.7. The number of carbonyl (C=O) groups is 1. The van der Waals surface area contributed by atoms with Gasteiger partial charge in [0.1, 0.15) is 0 Å². The summed E-state index contributed by atoms with van der Waals surface area (Å²) in [4.78, 5) is 13.9. The SMILES string of the molecule is O=C(NNS(=O)(=O)c1ccccc1Br)c1ccccc1. The van der Waals surface area contributed by atoms with E-state index < -0.39 is 15.9 Å². The van der Waals surface area contributed by atoms with E-state index in [4.69, 9.17) is 0 Å². The van der Waals surface area contributed by atoms with E-state index in [9.17, 15) is 13.2 Å². The van der Waals surface area contributed by atoms with E-state index >= 15 is 0 Å².